The minimum Gasteiger partial charge on any atom is -0.478 e. The Morgan fingerprint density at radius 3 is 2.46 bits per heavy atom. The Morgan fingerprint density at radius 2 is 1.77 bits per heavy atom. The molecule has 6 heteroatoms. The van der Waals surface area contributed by atoms with Crippen LogP contribution in [0.5, 0.6) is 0 Å². The van der Waals surface area contributed by atoms with Gasteiger partial charge in [0.1, 0.15) is 0 Å². The average molecular weight is 487 g/mol. The SMILES string of the molecule is CC1=CC2C(O)C(C)CCC2C2(C)C(=O)OC(C)CCCC=C(C(=O)O)C(O)C(C)C=CC=CC12. The number of carboxylic acid groups (broad SMARTS) is 1. The van der Waals surface area contributed by atoms with E-state index in [2.05, 4.69) is 13.0 Å². The first-order valence-electron chi connectivity index (χ1n) is 13.0. The molecule has 194 valence electrons. The zero-order valence-electron chi connectivity index (χ0n) is 21.7. The second kappa shape index (κ2) is 11.3. The van der Waals surface area contributed by atoms with E-state index in [-0.39, 0.29) is 47.2 Å². The van der Waals surface area contributed by atoms with Crippen molar-refractivity contribution in [3.8, 4) is 0 Å². The van der Waals surface area contributed by atoms with Crippen molar-refractivity contribution in [1.82, 2.24) is 0 Å². The van der Waals surface area contributed by atoms with Gasteiger partial charge in [0, 0.05) is 17.8 Å². The summed E-state index contributed by atoms with van der Waals surface area (Å²) in [6.45, 7) is 9.75. The van der Waals surface area contributed by atoms with E-state index in [0.717, 1.165) is 18.4 Å². The summed E-state index contributed by atoms with van der Waals surface area (Å²) in [7, 11) is 0. The van der Waals surface area contributed by atoms with E-state index in [1.165, 1.54) is 0 Å². The molecule has 0 aromatic rings. The lowest BCUT2D eigenvalue weighted by atomic mass is 9.52. The Labute approximate surface area is 209 Å². The Bertz CT molecular complexity index is 914. The van der Waals surface area contributed by atoms with Crippen LogP contribution in [0.2, 0.25) is 0 Å². The third-order valence-corrected chi connectivity index (χ3v) is 8.56. The summed E-state index contributed by atoms with van der Waals surface area (Å²) in [5.74, 6) is -1.82. The molecule has 9 unspecified atom stereocenters. The summed E-state index contributed by atoms with van der Waals surface area (Å²) in [5.41, 5.74) is 0.237. The number of aliphatic hydroxyl groups is 2. The number of rotatable bonds is 1. The molecule has 0 radical (unpaired) electrons. The van der Waals surface area contributed by atoms with Crippen molar-refractivity contribution in [1.29, 1.82) is 0 Å². The van der Waals surface area contributed by atoms with Gasteiger partial charge in [-0.15, -0.1) is 0 Å². The number of carbonyl (C=O) groups is 2. The van der Waals surface area contributed by atoms with Crippen LogP contribution in [0.4, 0.5) is 0 Å². The van der Waals surface area contributed by atoms with Crippen LogP contribution < -0.4 is 0 Å². The number of cyclic esters (lactones) is 1. The highest BCUT2D eigenvalue weighted by atomic mass is 16.5. The lowest BCUT2D eigenvalue weighted by Crippen LogP contribution is -2.54. The number of esters is 1. The van der Waals surface area contributed by atoms with E-state index < -0.39 is 23.6 Å². The number of hydrogen-bond donors (Lipinski definition) is 3. The molecule has 0 saturated heterocycles. The van der Waals surface area contributed by atoms with Crippen LogP contribution in [0.1, 0.15) is 66.7 Å². The Balaban J connectivity index is 2.01. The first kappa shape index (κ1) is 27.4. The number of hydrogen-bond acceptors (Lipinski definition) is 5. The van der Waals surface area contributed by atoms with Gasteiger partial charge in [-0.1, -0.05) is 55.9 Å². The van der Waals surface area contributed by atoms with Crippen LogP contribution in [-0.2, 0) is 14.3 Å². The molecule has 1 aliphatic heterocycles. The number of carboxylic acids is 1. The summed E-state index contributed by atoms with van der Waals surface area (Å²) >= 11 is 0. The van der Waals surface area contributed by atoms with Gasteiger partial charge in [0.25, 0.3) is 0 Å². The van der Waals surface area contributed by atoms with Gasteiger partial charge in [-0.25, -0.2) is 4.79 Å². The zero-order valence-corrected chi connectivity index (χ0v) is 21.7. The molecule has 35 heavy (non-hydrogen) atoms. The molecule has 3 N–H and O–H groups in total. The van der Waals surface area contributed by atoms with Crippen LogP contribution in [-0.4, -0.2) is 45.6 Å². The third-order valence-electron chi connectivity index (χ3n) is 8.56. The van der Waals surface area contributed by atoms with E-state index in [0.29, 0.717) is 19.3 Å². The molecular weight excluding hydrogens is 444 g/mol. The summed E-state index contributed by atoms with van der Waals surface area (Å²) in [6, 6.07) is 0. The number of allylic oxidation sites excluding steroid dienone is 5. The van der Waals surface area contributed by atoms with Gasteiger partial charge in [0.05, 0.1) is 29.3 Å². The molecule has 0 amide bonds. The Kier molecular flexibility index (Phi) is 8.81. The van der Waals surface area contributed by atoms with Gasteiger partial charge < -0.3 is 20.1 Å². The van der Waals surface area contributed by atoms with Crippen LogP contribution in [0.3, 0.4) is 0 Å². The molecule has 1 saturated carbocycles. The number of aliphatic carboxylic acids is 1. The predicted octanol–water partition coefficient (Wildman–Crippen LogP) is 4.83. The van der Waals surface area contributed by atoms with Gasteiger partial charge in [0.15, 0.2) is 0 Å². The van der Waals surface area contributed by atoms with E-state index >= 15 is 0 Å². The van der Waals surface area contributed by atoms with Crippen LogP contribution in [0.15, 0.2) is 47.6 Å². The minimum absolute atomic E-state index is 0.00219. The van der Waals surface area contributed by atoms with Crippen LogP contribution in [0, 0.1) is 35.0 Å². The van der Waals surface area contributed by atoms with Crippen molar-refractivity contribution in [2.75, 3.05) is 0 Å². The predicted molar refractivity (Wildman–Crippen MR) is 135 cm³/mol. The summed E-state index contributed by atoms with van der Waals surface area (Å²) in [6.07, 6.45) is 12.8. The number of ether oxygens (including phenoxy) is 1. The summed E-state index contributed by atoms with van der Waals surface area (Å²) in [5, 5.41) is 31.2. The first-order chi connectivity index (χ1) is 16.5. The molecule has 3 rings (SSSR count). The second-order valence-electron chi connectivity index (χ2n) is 11.1. The zero-order chi connectivity index (χ0) is 25.9. The van der Waals surface area contributed by atoms with Crippen molar-refractivity contribution >= 4 is 11.9 Å². The maximum absolute atomic E-state index is 13.8. The second-order valence-corrected chi connectivity index (χ2v) is 11.1. The molecule has 0 bridgehead atoms. The first-order valence-corrected chi connectivity index (χ1v) is 13.0. The summed E-state index contributed by atoms with van der Waals surface area (Å²) in [4.78, 5) is 25.5. The largest absolute Gasteiger partial charge is 0.478 e. The highest BCUT2D eigenvalue weighted by Gasteiger charge is 2.56. The van der Waals surface area contributed by atoms with E-state index in [1.54, 1.807) is 19.1 Å². The maximum Gasteiger partial charge on any atom is 0.333 e. The number of carbonyl (C=O) groups excluding carboxylic acids is 1. The quantitative estimate of drug-likeness (QED) is 0.362. The van der Waals surface area contributed by atoms with Gasteiger partial charge >= 0.3 is 11.9 Å². The lowest BCUT2D eigenvalue weighted by Gasteiger charge is -2.52. The van der Waals surface area contributed by atoms with Crippen molar-refractivity contribution in [3.63, 3.8) is 0 Å². The fourth-order valence-corrected chi connectivity index (χ4v) is 6.25. The molecule has 0 aromatic heterocycles. The molecule has 2 aliphatic carbocycles. The highest BCUT2D eigenvalue weighted by molar-refractivity contribution is 5.87. The molecule has 1 fully saturated rings. The van der Waals surface area contributed by atoms with E-state index in [4.69, 9.17) is 4.74 Å². The fourth-order valence-electron chi connectivity index (χ4n) is 6.25. The van der Waals surface area contributed by atoms with Crippen molar-refractivity contribution in [2.45, 2.75) is 85.0 Å². The van der Waals surface area contributed by atoms with Crippen LogP contribution >= 0.6 is 0 Å². The molecule has 9 atom stereocenters. The monoisotopic (exact) mass is 486 g/mol. The number of fused-ring (bicyclic) bond motifs is 3. The van der Waals surface area contributed by atoms with Gasteiger partial charge in [-0.3, -0.25) is 4.79 Å². The molecule has 0 spiro atoms. The Hall–Kier alpha value is -2.18. The molecule has 0 aromatic carbocycles. The molecule has 3 aliphatic rings. The van der Waals surface area contributed by atoms with Gasteiger partial charge in [-0.05, 0) is 64.7 Å². The molecule has 1 heterocycles. The topological polar surface area (TPSA) is 104 Å². The van der Waals surface area contributed by atoms with Crippen molar-refractivity contribution in [3.05, 3.63) is 47.6 Å². The van der Waals surface area contributed by atoms with Crippen molar-refractivity contribution < 1.29 is 29.6 Å². The van der Waals surface area contributed by atoms with E-state index in [9.17, 15) is 24.9 Å². The molecular formula is C29H42O6. The van der Waals surface area contributed by atoms with Crippen molar-refractivity contribution in [2.24, 2.45) is 35.0 Å². The average Bonchev–Trinajstić information content (AvgIpc) is 2.79. The lowest BCUT2D eigenvalue weighted by molar-refractivity contribution is -0.172. The Morgan fingerprint density at radius 1 is 1.09 bits per heavy atom. The van der Waals surface area contributed by atoms with Crippen LogP contribution in [0.25, 0.3) is 0 Å². The standard InChI is InChI=1S/C29H42O6/c1-17-10-6-9-13-23-19(3)16-22-24(15-14-18(2)26(22)31)29(23,5)28(34)35-20(4)11-7-8-12-21(25(17)30)27(32)33/h6,9-10,12-13,16-18,20,22-26,30-31H,7-8,11,14-15H2,1-5H3,(H,32,33). The third kappa shape index (κ3) is 5.64. The fraction of sp³-hybridized carbons (Fsp3) is 0.655. The van der Waals surface area contributed by atoms with Gasteiger partial charge in [-0.2, -0.15) is 0 Å². The normalized spacial score (nSPS) is 41.2. The smallest absolute Gasteiger partial charge is 0.333 e. The maximum atomic E-state index is 13.8. The highest BCUT2D eigenvalue weighted by Crippen LogP contribution is 2.55. The minimum atomic E-state index is -1.12. The number of aliphatic hydroxyl groups excluding tert-OH is 2. The van der Waals surface area contributed by atoms with E-state index in [1.807, 2.05) is 39.0 Å². The summed E-state index contributed by atoms with van der Waals surface area (Å²) < 4.78 is 6.01. The molecule has 6 nitrogen and oxygen atoms in total. The van der Waals surface area contributed by atoms with Gasteiger partial charge in [0.2, 0.25) is 0 Å².